The number of rotatable bonds is 4. The van der Waals surface area contributed by atoms with Gasteiger partial charge >= 0.3 is 0 Å². The molecule has 2 aromatic rings. The smallest absolute Gasteiger partial charge is 0.269 e. The summed E-state index contributed by atoms with van der Waals surface area (Å²) in [4.78, 5) is 14.0. The van der Waals surface area contributed by atoms with Gasteiger partial charge in [0, 0.05) is 12.1 Å². The molecule has 0 saturated carbocycles. The maximum absolute atomic E-state index is 10.5. The Balaban J connectivity index is 2.10. The van der Waals surface area contributed by atoms with Crippen LogP contribution in [0.3, 0.4) is 0 Å². The molecule has 0 aliphatic rings. The number of hydrogen-bond acceptors (Lipinski definition) is 5. The highest BCUT2D eigenvalue weighted by Crippen LogP contribution is 2.23. The summed E-state index contributed by atoms with van der Waals surface area (Å²) in [6.45, 7) is -0.127. The third kappa shape index (κ3) is 2.80. The molecule has 0 amide bonds. The first-order chi connectivity index (χ1) is 8.69. The first kappa shape index (κ1) is 12.0. The molecule has 6 heteroatoms. The fraction of sp³-hybridized carbons (Fsp3) is 0.0833. The lowest BCUT2D eigenvalue weighted by Crippen LogP contribution is -1.91. The molecule has 0 fully saturated rings. The Morgan fingerprint density at radius 2 is 1.83 bits per heavy atom. The highest BCUT2D eigenvalue weighted by atomic mass is 16.6. The summed E-state index contributed by atoms with van der Waals surface area (Å²) >= 11 is 0. The van der Waals surface area contributed by atoms with E-state index in [9.17, 15) is 10.1 Å². The molecule has 0 saturated heterocycles. The lowest BCUT2D eigenvalue weighted by molar-refractivity contribution is -0.384. The number of ether oxygens (including phenoxy) is 1. The predicted octanol–water partition coefficient (Wildman–Crippen LogP) is 2.27. The zero-order valence-corrected chi connectivity index (χ0v) is 9.31. The van der Waals surface area contributed by atoms with E-state index in [0.717, 1.165) is 0 Å². The van der Waals surface area contributed by atoms with Gasteiger partial charge in [0.1, 0.15) is 11.5 Å². The fourth-order valence-electron chi connectivity index (χ4n) is 1.34. The van der Waals surface area contributed by atoms with Crippen LogP contribution in [0.1, 0.15) is 5.69 Å². The minimum atomic E-state index is -0.471. The van der Waals surface area contributed by atoms with Gasteiger partial charge in [-0.2, -0.15) is 0 Å². The predicted molar refractivity (Wildman–Crippen MR) is 63.3 cm³/mol. The minimum Gasteiger partial charge on any atom is -0.456 e. The van der Waals surface area contributed by atoms with Crippen LogP contribution in [0, 0.1) is 10.1 Å². The maximum Gasteiger partial charge on any atom is 0.269 e. The number of nitro benzene ring substituents is 1. The number of aromatic nitrogens is 1. The second-order valence-corrected chi connectivity index (χ2v) is 3.50. The molecule has 0 unspecified atom stereocenters. The van der Waals surface area contributed by atoms with E-state index in [4.69, 9.17) is 9.84 Å². The highest BCUT2D eigenvalue weighted by Gasteiger charge is 2.05. The monoisotopic (exact) mass is 246 g/mol. The van der Waals surface area contributed by atoms with Crippen molar-refractivity contribution in [2.45, 2.75) is 6.61 Å². The topological polar surface area (TPSA) is 85.5 Å². The second-order valence-electron chi connectivity index (χ2n) is 3.50. The van der Waals surface area contributed by atoms with E-state index >= 15 is 0 Å². The molecule has 1 aromatic carbocycles. The molecule has 18 heavy (non-hydrogen) atoms. The van der Waals surface area contributed by atoms with Gasteiger partial charge in [0.15, 0.2) is 0 Å². The van der Waals surface area contributed by atoms with Crippen LogP contribution in [0.4, 0.5) is 5.69 Å². The molecule has 6 nitrogen and oxygen atoms in total. The average molecular weight is 246 g/mol. The van der Waals surface area contributed by atoms with Gasteiger partial charge in [-0.25, -0.2) is 0 Å². The van der Waals surface area contributed by atoms with Gasteiger partial charge in [0.25, 0.3) is 5.69 Å². The van der Waals surface area contributed by atoms with Crippen molar-refractivity contribution in [3.8, 4) is 11.5 Å². The number of aliphatic hydroxyl groups is 1. The van der Waals surface area contributed by atoms with Crippen LogP contribution in [0.2, 0.25) is 0 Å². The molecule has 1 heterocycles. The van der Waals surface area contributed by atoms with Gasteiger partial charge in [-0.3, -0.25) is 15.1 Å². The number of nitro groups is 1. The van der Waals surface area contributed by atoms with Gasteiger partial charge in [-0.05, 0) is 24.3 Å². The van der Waals surface area contributed by atoms with E-state index in [0.29, 0.717) is 17.2 Å². The lowest BCUT2D eigenvalue weighted by atomic mass is 10.3. The zero-order valence-electron chi connectivity index (χ0n) is 9.31. The van der Waals surface area contributed by atoms with E-state index in [1.807, 2.05) is 0 Å². The maximum atomic E-state index is 10.5. The van der Waals surface area contributed by atoms with Crippen LogP contribution in [0.5, 0.6) is 11.5 Å². The number of hydrogen-bond donors (Lipinski definition) is 1. The molecule has 0 aliphatic carbocycles. The van der Waals surface area contributed by atoms with Crippen LogP contribution in [0.25, 0.3) is 0 Å². The second kappa shape index (κ2) is 5.24. The van der Waals surface area contributed by atoms with Crippen molar-refractivity contribution >= 4 is 5.69 Å². The number of benzene rings is 1. The van der Waals surface area contributed by atoms with Crippen LogP contribution < -0.4 is 4.74 Å². The van der Waals surface area contributed by atoms with Crippen molar-refractivity contribution in [1.82, 2.24) is 4.98 Å². The van der Waals surface area contributed by atoms with E-state index in [2.05, 4.69) is 4.98 Å². The Hall–Kier alpha value is -2.47. The van der Waals surface area contributed by atoms with Gasteiger partial charge in [-0.1, -0.05) is 0 Å². The van der Waals surface area contributed by atoms with Gasteiger partial charge in [-0.15, -0.1) is 0 Å². The molecule has 2 rings (SSSR count). The zero-order chi connectivity index (χ0) is 13.0. The third-order valence-electron chi connectivity index (χ3n) is 2.24. The van der Waals surface area contributed by atoms with Crippen molar-refractivity contribution in [2.75, 3.05) is 0 Å². The molecule has 1 aromatic heterocycles. The summed E-state index contributed by atoms with van der Waals surface area (Å²) in [6.07, 6.45) is 1.48. The molecule has 92 valence electrons. The first-order valence-electron chi connectivity index (χ1n) is 5.17. The molecule has 0 bridgehead atoms. The number of pyridine rings is 1. The molecular formula is C12H10N2O4. The summed E-state index contributed by atoms with van der Waals surface area (Å²) in [5.41, 5.74) is 0.558. The van der Waals surface area contributed by atoms with Crippen LogP contribution in [-0.2, 0) is 6.61 Å². The van der Waals surface area contributed by atoms with E-state index in [1.165, 1.54) is 30.5 Å². The van der Waals surface area contributed by atoms with E-state index < -0.39 is 4.92 Å². The average Bonchev–Trinajstić information content (AvgIpc) is 2.40. The van der Waals surface area contributed by atoms with Crippen molar-refractivity contribution in [1.29, 1.82) is 0 Å². The summed E-state index contributed by atoms with van der Waals surface area (Å²) in [7, 11) is 0. The molecular weight excluding hydrogens is 236 g/mol. The SMILES string of the molecule is O=[N+]([O-])c1ccc(Oc2ccc(CO)nc2)cc1. The van der Waals surface area contributed by atoms with Crippen molar-refractivity contribution in [2.24, 2.45) is 0 Å². The minimum absolute atomic E-state index is 0.0103. The van der Waals surface area contributed by atoms with Crippen molar-refractivity contribution in [3.05, 3.63) is 58.4 Å². The largest absolute Gasteiger partial charge is 0.456 e. The Morgan fingerprint density at radius 3 is 2.33 bits per heavy atom. The Labute approximate surface area is 103 Å². The highest BCUT2D eigenvalue weighted by molar-refractivity contribution is 5.38. The molecule has 0 aliphatic heterocycles. The van der Waals surface area contributed by atoms with Crippen molar-refractivity contribution in [3.63, 3.8) is 0 Å². The molecule has 1 N–H and O–H groups in total. The van der Waals surface area contributed by atoms with E-state index in [-0.39, 0.29) is 12.3 Å². The van der Waals surface area contributed by atoms with Crippen LogP contribution in [-0.4, -0.2) is 15.0 Å². The van der Waals surface area contributed by atoms with Gasteiger partial charge in [0.05, 0.1) is 23.4 Å². The van der Waals surface area contributed by atoms with Crippen LogP contribution >= 0.6 is 0 Å². The quantitative estimate of drug-likeness (QED) is 0.660. The molecule has 0 spiro atoms. The van der Waals surface area contributed by atoms with Crippen LogP contribution in [0.15, 0.2) is 42.6 Å². The number of non-ortho nitro benzene ring substituents is 1. The fourth-order valence-corrected chi connectivity index (χ4v) is 1.34. The number of aliphatic hydroxyl groups excluding tert-OH is 1. The standard InChI is InChI=1S/C12H10N2O4/c15-8-9-1-4-12(7-13-9)18-11-5-2-10(3-6-11)14(16)17/h1-7,15H,8H2. The summed E-state index contributed by atoms with van der Waals surface area (Å²) < 4.78 is 5.45. The molecule has 0 atom stereocenters. The van der Waals surface area contributed by atoms with Gasteiger partial charge in [0.2, 0.25) is 0 Å². The van der Waals surface area contributed by atoms with Crippen molar-refractivity contribution < 1.29 is 14.8 Å². The van der Waals surface area contributed by atoms with Gasteiger partial charge < -0.3 is 9.84 Å². The lowest BCUT2D eigenvalue weighted by Gasteiger charge is -2.05. The summed E-state index contributed by atoms with van der Waals surface area (Å²) in [5, 5.41) is 19.3. The Morgan fingerprint density at radius 1 is 1.17 bits per heavy atom. The Kier molecular flexibility index (Phi) is 3.49. The first-order valence-corrected chi connectivity index (χ1v) is 5.17. The number of nitrogens with zero attached hydrogens (tertiary/aromatic N) is 2. The van der Waals surface area contributed by atoms with E-state index in [1.54, 1.807) is 12.1 Å². The molecule has 0 radical (unpaired) electrons. The normalized spacial score (nSPS) is 10.1. The summed E-state index contributed by atoms with van der Waals surface area (Å²) in [6, 6.07) is 9.06. The summed E-state index contributed by atoms with van der Waals surface area (Å²) in [5.74, 6) is 0.986. The Bertz CT molecular complexity index is 537. The third-order valence-corrected chi connectivity index (χ3v) is 2.24.